The Labute approximate surface area is 120 Å². The van der Waals surface area contributed by atoms with Crippen molar-refractivity contribution in [2.75, 3.05) is 0 Å². The van der Waals surface area contributed by atoms with Gasteiger partial charge in [-0.15, -0.1) is 11.3 Å². The summed E-state index contributed by atoms with van der Waals surface area (Å²) < 4.78 is 0. The van der Waals surface area contributed by atoms with Crippen molar-refractivity contribution in [3.8, 4) is 0 Å². The minimum atomic E-state index is 0.247. The zero-order valence-corrected chi connectivity index (χ0v) is 12.7. The average Bonchev–Trinajstić information content (AvgIpc) is 2.81. The van der Waals surface area contributed by atoms with E-state index in [9.17, 15) is 0 Å². The molecule has 3 heteroatoms. The van der Waals surface area contributed by atoms with Gasteiger partial charge in [-0.1, -0.05) is 13.3 Å². The summed E-state index contributed by atoms with van der Waals surface area (Å²) in [5.74, 6) is 0.907. The van der Waals surface area contributed by atoms with E-state index < -0.39 is 0 Å². The van der Waals surface area contributed by atoms with Crippen molar-refractivity contribution in [3.05, 3.63) is 15.6 Å². The molecule has 2 nitrogen and oxygen atoms in total. The first-order valence-electron chi connectivity index (χ1n) is 8.06. The van der Waals surface area contributed by atoms with E-state index in [1.54, 1.807) is 4.88 Å². The van der Waals surface area contributed by atoms with Crippen molar-refractivity contribution < 1.29 is 0 Å². The average molecular weight is 276 g/mol. The molecule has 0 saturated heterocycles. The summed E-state index contributed by atoms with van der Waals surface area (Å²) in [4.78, 5) is 6.64. The highest BCUT2D eigenvalue weighted by molar-refractivity contribution is 7.12. The van der Waals surface area contributed by atoms with Gasteiger partial charge in [0.15, 0.2) is 0 Å². The standard InChI is InChI=1S/C16H24N2S/c1-2-11-8-9-16(10-11,18-12-6-7-12)15-17-13-4-3-5-14(13)19-15/h11-12,18H,2-10H2,1H3. The molecule has 1 heterocycles. The Kier molecular flexibility index (Phi) is 2.96. The first-order valence-corrected chi connectivity index (χ1v) is 8.87. The molecular formula is C16H24N2S. The Balaban J connectivity index is 1.65. The number of nitrogens with one attached hydrogen (secondary N) is 1. The second-order valence-electron chi connectivity index (χ2n) is 6.76. The van der Waals surface area contributed by atoms with Crippen molar-refractivity contribution in [3.63, 3.8) is 0 Å². The van der Waals surface area contributed by atoms with Crippen molar-refractivity contribution >= 4 is 11.3 Å². The van der Waals surface area contributed by atoms with Crippen LogP contribution in [0.2, 0.25) is 0 Å². The summed E-state index contributed by atoms with van der Waals surface area (Å²) in [6.07, 6.45) is 12.0. The predicted molar refractivity (Wildman–Crippen MR) is 79.6 cm³/mol. The van der Waals surface area contributed by atoms with E-state index in [4.69, 9.17) is 4.98 Å². The number of hydrogen-bond donors (Lipinski definition) is 1. The zero-order valence-electron chi connectivity index (χ0n) is 11.9. The van der Waals surface area contributed by atoms with Gasteiger partial charge in [0.2, 0.25) is 0 Å². The Morgan fingerprint density at radius 2 is 2.21 bits per heavy atom. The molecule has 0 spiro atoms. The highest BCUT2D eigenvalue weighted by atomic mass is 32.1. The maximum absolute atomic E-state index is 5.05. The van der Waals surface area contributed by atoms with Gasteiger partial charge in [-0.25, -0.2) is 4.98 Å². The van der Waals surface area contributed by atoms with Gasteiger partial charge < -0.3 is 5.32 Å². The van der Waals surface area contributed by atoms with Crippen LogP contribution in [0.5, 0.6) is 0 Å². The van der Waals surface area contributed by atoms with Crippen molar-refractivity contribution in [1.82, 2.24) is 10.3 Å². The number of aromatic nitrogens is 1. The van der Waals surface area contributed by atoms with Gasteiger partial charge in [0.1, 0.15) is 5.01 Å². The topological polar surface area (TPSA) is 24.9 Å². The van der Waals surface area contributed by atoms with Gasteiger partial charge >= 0.3 is 0 Å². The van der Waals surface area contributed by atoms with Crippen LogP contribution in [0.1, 0.15) is 67.4 Å². The second kappa shape index (κ2) is 4.56. The maximum Gasteiger partial charge on any atom is 0.113 e. The molecule has 2 saturated carbocycles. The van der Waals surface area contributed by atoms with Crippen LogP contribution in [0.25, 0.3) is 0 Å². The van der Waals surface area contributed by atoms with Crippen LogP contribution in [-0.2, 0) is 18.4 Å². The molecule has 1 N–H and O–H groups in total. The van der Waals surface area contributed by atoms with Crippen LogP contribution in [0.4, 0.5) is 0 Å². The molecule has 0 aromatic carbocycles. The number of nitrogens with zero attached hydrogens (tertiary/aromatic N) is 1. The van der Waals surface area contributed by atoms with Crippen LogP contribution >= 0.6 is 11.3 Å². The van der Waals surface area contributed by atoms with E-state index in [0.717, 1.165) is 12.0 Å². The SMILES string of the molecule is CCC1CCC(NC2CC2)(c2nc3c(s2)CCC3)C1. The van der Waals surface area contributed by atoms with Gasteiger partial charge in [0.05, 0.1) is 11.2 Å². The molecule has 1 aromatic rings. The summed E-state index contributed by atoms with van der Waals surface area (Å²) in [7, 11) is 0. The molecule has 3 aliphatic rings. The molecule has 0 radical (unpaired) electrons. The van der Waals surface area contributed by atoms with E-state index in [1.807, 2.05) is 11.3 Å². The lowest BCUT2D eigenvalue weighted by molar-refractivity contribution is 0.320. The van der Waals surface area contributed by atoms with Crippen molar-refractivity contribution in [1.29, 1.82) is 0 Å². The highest BCUT2D eigenvalue weighted by Gasteiger charge is 2.45. The zero-order chi connectivity index (χ0) is 12.9. The number of fused-ring (bicyclic) bond motifs is 1. The minimum Gasteiger partial charge on any atom is -0.303 e. The fourth-order valence-electron chi connectivity index (χ4n) is 3.90. The Morgan fingerprint density at radius 3 is 2.89 bits per heavy atom. The monoisotopic (exact) mass is 276 g/mol. The van der Waals surface area contributed by atoms with Gasteiger partial charge in [0, 0.05) is 10.9 Å². The van der Waals surface area contributed by atoms with E-state index in [0.29, 0.717) is 0 Å². The first kappa shape index (κ1) is 12.3. The number of rotatable bonds is 4. The van der Waals surface area contributed by atoms with Gasteiger partial charge in [-0.2, -0.15) is 0 Å². The summed E-state index contributed by atoms with van der Waals surface area (Å²) in [5, 5.41) is 5.41. The van der Waals surface area contributed by atoms with Crippen LogP contribution in [0.15, 0.2) is 0 Å². The molecule has 2 atom stereocenters. The Morgan fingerprint density at radius 1 is 1.32 bits per heavy atom. The lowest BCUT2D eigenvalue weighted by Gasteiger charge is -2.29. The summed E-state index contributed by atoms with van der Waals surface area (Å²) >= 11 is 2.03. The predicted octanol–water partition coefficient (Wildman–Crippen LogP) is 3.79. The summed E-state index contributed by atoms with van der Waals surface area (Å²) in [5.41, 5.74) is 1.67. The van der Waals surface area contributed by atoms with Crippen LogP contribution in [0.3, 0.4) is 0 Å². The molecule has 19 heavy (non-hydrogen) atoms. The van der Waals surface area contributed by atoms with E-state index in [2.05, 4.69) is 12.2 Å². The fraction of sp³-hybridized carbons (Fsp3) is 0.812. The van der Waals surface area contributed by atoms with Crippen LogP contribution < -0.4 is 5.32 Å². The quantitative estimate of drug-likeness (QED) is 0.905. The van der Waals surface area contributed by atoms with E-state index in [-0.39, 0.29) is 5.54 Å². The largest absolute Gasteiger partial charge is 0.303 e. The summed E-state index contributed by atoms with van der Waals surface area (Å²) in [6.45, 7) is 2.35. The smallest absolute Gasteiger partial charge is 0.113 e. The van der Waals surface area contributed by atoms with E-state index >= 15 is 0 Å². The van der Waals surface area contributed by atoms with Crippen molar-refractivity contribution in [2.24, 2.45) is 5.92 Å². The number of aryl methyl sites for hydroxylation is 2. The molecule has 2 unspecified atom stereocenters. The third kappa shape index (κ3) is 2.15. The third-order valence-corrected chi connectivity index (χ3v) is 6.62. The van der Waals surface area contributed by atoms with Gasteiger partial charge in [-0.05, 0) is 57.3 Å². The molecule has 3 aliphatic carbocycles. The highest BCUT2D eigenvalue weighted by Crippen LogP contribution is 2.47. The molecule has 2 fully saturated rings. The molecular weight excluding hydrogens is 252 g/mol. The lowest BCUT2D eigenvalue weighted by Crippen LogP contribution is -2.41. The van der Waals surface area contributed by atoms with Crippen molar-refractivity contribution in [2.45, 2.75) is 76.3 Å². The molecule has 4 rings (SSSR count). The van der Waals surface area contributed by atoms with Gasteiger partial charge in [-0.3, -0.25) is 0 Å². The van der Waals surface area contributed by atoms with Gasteiger partial charge in [0.25, 0.3) is 0 Å². The number of thiazole rings is 1. The molecule has 104 valence electrons. The first-order chi connectivity index (χ1) is 9.29. The second-order valence-corrected chi connectivity index (χ2v) is 7.84. The number of hydrogen-bond acceptors (Lipinski definition) is 3. The fourth-order valence-corrected chi connectivity index (χ4v) is 5.24. The van der Waals surface area contributed by atoms with E-state index in [1.165, 1.54) is 68.5 Å². The van der Waals surface area contributed by atoms with Crippen LogP contribution in [-0.4, -0.2) is 11.0 Å². The third-order valence-electron chi connectivity index (χ3n) is 5.26. The molecule has 1 aromatic heterocycles. The minimum absolute atomic E-state index is 0.247. The lowest BCUT2D eigenvalue weighted by atomic mass is 9.95. The Hall–Kier alpha value is -0.410. The normalized spacial score (nSPS) is 33.8. The maximum atomic E-state index is 5.05. The molecule has 0 amide bonds. The van der Waals surface area contributed by atoms with Crippen LogP contribution in [0, 0.1) is 5.92 Å². The molecule has 0 bridgehead atoms. The molecule has 0 aliphatic heterocycles. The Bertz CT molecular complexity index is 456. The summed E-state index contributed by atoms with van der Waals surface area (Å²) in [6, 6.07) is 0.786.